The second kappa shape index (κ2) is 10.2. The highest BCUT2D eigenvalue weighted by Gasteiger charge is 2.70. The number of benzene rings is 1. The molecular formula is C35H46O5S. The van der Waals surface area contributed by atoms with Gasteiger partial charge in [0, 0.05) is 42.2 Å². The minimum atomic E-state index is -0.565. The zero-order chi connectivity index (χ0) is 28.6. The topological polar surface area (TPSA) is 61.8 Å². The van der Waals surface area contributed by atoms with Gasteiger partial charge in [-0.15, -0.1) is 11.8 Å². The van der Waals surface area contributed by atoms with Gasteiger partial charge in [0.15, 0.2) is 5.79 Å². The van der Waals surface area contributed by atoms with Crippen LogP contribution in [0.1, 0.15) is 79.1 Å². The van der Waals surface area contributed by atoms with Crippen molar-refractivity contribution in [2.24, 2.45) is 46.3 Å². The standard InChI is InChI=1S/C35H46O5S/c1-21-12-15-35(38-19-21)22(2)32-30(40-35)17-29-27-11-10-24-16-25(39-23(3)36)13-14-33(24,4)28(27)18-31(37)34(29,32)20-41-26-8-6-5-7-9-26/h5-9,17,21-22,24-25,27-28,30,32H,10-16,18-20H2,1-4H3/t21-,22+,24+,25+,27-,28+,30+,32+,33+,34-,35-/m1/s1. The maximum absolute atomic E-state index is 14.9. The van der Waals surface area contributed by atoms with Crippen LogP contribution >= 0.6 is 11.8 Å². The summed E-state index contributed by atoms with van der Waals surface area (Å²) in [5, 5.41) is 0. The van der Waals surface area contributed by atoms with Crippen molar-refractivity contribution in [3.63, 3.8) is 0 Å². The Labute approximate surface area is 249 Å². The molecule has 2 saturated heterocycles. The van der Waals surface area contributed by atoms with E-state index in [-0.39, 0.29) is 35.4 Å². The lowest BCUT2D eigenvalue weighted by atomic mass is 9.45. The van der Waals surface area contributed by atoms with Crippen LogP contribution in [0.2, 0.25) is 0 Å². The van der Waals surface area contributed by atoms with Crippen molar-refractivity contribution < 1.29 is 23.8 Å². The number of fused-ring (bicyclic) bond motifs is 7. The third-order valence-corrected chi connectivity index (χ3v) is 13.6. The Balaban J connectivity index is 1.23. The van der Waals surface area contributed by atoms with E-state index < -0.39 is 11.2 Å². The van der Waals surface area contributed by atoms with Crippen LogP contribution in [0.15, 0.2) is 46.9 Å². The first kappa shape index (κ1) is 28.2. The predicted octanol–water partition coefficient (Wildman–Crippen LogP) is 7.24. The summed E-state index contributed by atoms with van der Waals surface area (Å²) >= 11 is 1.85. The Morgan fingerprint density at radius 2 is 1.90 bits per heavy atom. The zero-order valence-corrected chi connectivity index (χ0v) is 25.9. The maximum atomic E-state index is 14.9. The molecule has 1 aromatic carbocycles. The lowest BCUT2D eigenvalue weighted by Crippen LogP contribution is -2.57. The molecule has 0 aromatic heterocycles. The van der Waals surface area contributed by atoms with Gasteiger partial charge in [-0.05, 0) is 79.7 Å². The van der Waals surface area contributed by atoms with Gasteiger partial charge >= 0.3 is 5.97 Å². The van der Waals surface area contributed by atoms with Gasteiger partial charge < -0.3 is 14.2 Å². The Bertz CT molecular complexity index is 1220. The molecule has 5 nitrogen and oxygen atoms in total. The Morgan fingerprint density at radius 3 is 2.63 bits per heavy atom. The summed E-state index contributed by atoms with van der Waals surface area (Å²) in [7, 11) is 0. The second-order valence-electron chi connectivity index (χ2n) is 14.5. The molecule has 3 saturated carbocycles. The number of allylic oxidation sites excluding steroid dienone is 1. The highest BCUT2D eigenvalue weighted by Crippen LogP contribution is 2.69. The summed E-state index contributed by atoms with van der Waals surface area (Å²) in [5.74, 6) is 2.58. The number of ether oxygens (including phenoxy) is 3. The van der Waals surface area contributed by atoms with Crippen molar-refractivity contribution in [3.8, 4) is 0 Å². The number of carbonyl (C=O) groups is 2. The van der Waals surface area contributed by atoms with Gasteiger partial charge in [0.25, 0.3) is 0 Å². The quantitative estimate of drug-likeness (QED) is 0.213. The highest BCUT2D eigenvalue weighted by molar-refractivity contribution is 7.99. The first-order valence-corrected chi connectivity index (χ1v) is 17.1. The van der Waals surface area contributed by atoms with Crippen molar-refractivity contribution in [2.45, 2.75) is 102 Å². The van der Waals surface area contributed by atoms with E-state index in [1.807, 2.05) is 11.8 Å². The molecule has 6 aliphatic rings. The van der Waals surface area contributed by atoms with Gasteiger partial charge in [0.1, 0.15) is 11.9 Å². The predicted molar refractivity (Wildman–Crippen MR) is 159 cm³/mol. The van der Waals surface area contributed by atoms with E-state index in [0.29, 0.717) is 35.9 Å². The van der Waals surface area contributed by atoms with Crippen LogP contribution < -0.4 is 0 Å². The molecule has 0 unspecified atom stereocenters. The monoisotopic (exact) mass is 578 g/mol. The fraction of sp³-hybridized carbons (Fsp3) is 0.714. The molecule has 0 radical (unpaired) electrons. The van der Waals surface area contributed by atoms with Crippen molar-refractivity contribution >= 4 is 23.5 Å². The number of esters is 1. The molecule has 2 heterocycles. The highest BCUT2D eigenvalue weighted by atomic mass is 32.2. The third-order valence-electron chi connectivity index (χ3n) is 12.4. The van der Waals surface area contributed by atoms with Crippen molar-refractivity contribution in [1.82, 2.24) is 0 Å². The molecule has 0 amide bonds. The van der Waals surface area contributed by atoms with E-state index in [9.17, 15) is 9.59 Å². The van der Waals surface area contributed by atoms with Crippen LogP contribution in [0.3, 0.4) is 0 Å². The number of hydrogen-bond acceptors (Lipinski definition) is 6. The fourth-order valence-corrected chi connectivity index (χ4v) is 11.5. The summed E-state index contributed by atoms with van der Waals surface area (Å²) in [6, 6.07) is 10.6. The largest absolute Gasteiger partial charge is 0.463 e. The van der Waals surface area contributed by atoms with Gasteiger partial charge in [-0.3, -0.25) is 9.59 Å². The number of rotatable bonds is 4. The van der Waals surface area contributed by atoms with Crippen molar-refractivity contribution in [3.05, 3.63) is 42.0 Å². The van der Waals surface area contributed by atoms with Crippen LogP contribution in [-0.4, -0.2) is 42.1 Å². The lowest BCUT2D eigenvalue weighted by molar-refractivity contribution is -0.265. The van der Waals surface area contributed by atoms with E-state index >= 15 is 0 Å². The molecule has 5 fully saturated rings. The van der Waals surface area contributed by atoms with E-state index in [4.69, 9.17) is 14.2 Å². The fourth-order valence-electron chi connectivity index (χ4n) is 10.3. The lowest BCUT2D eigenvalue weighted by Gasteiger charge is -2.59. The van der Waals surface area contributed by atoms with Crippen LogP contribution in [0.25, 0.3) is 0 Å². The van der Waals surface area contributed by atoms with Gasteiger partial charge in [-0.1, -0.05) is 50.6 Å². The molecule has 11 atom stereocenters. The van der Waals surface area contributed by atoms with Crippen LogP contribution in [0.5, 0.6) is 0 Å². The van der Waals surface area contributed by atoms with E-state index in [0.717, 1.165) is 57.3 Å². The molecule has 4 aliphatic carbocycles. The third kappa shape index (κ3) is 4.32. The summed E-state index contributed by atoms with van der Waals surface area (Å²) in [6.07, 6.45) is 10.2. The SMILES string of the molecule is CC(=O)O[C@H]1CC[C@@]2(C)[C@@H](CC[C@H]3C4=C[C@@H]5O[C@]6(CC[C@@H](C)CO6)[C@@H](C)[C@@H]5[C@@]4(CSc4ccccc4)C(=O)C[C@@H]32)C1. The first-order valence-electron chi connectivity index (χ1n) is 16.1. The van der Waals surface area contributed by atoms with E-state index in [1.54, 1.807) is 0 Å². The minimum Gasteiger partial charge on any atom is -0.463 e. The average Bonchev–Trinajstić information content (AvgIpc) is 3.42. The minimum absolute atomic E-state index is 0.0245. The summed E-state index contributed by atoms with van der Waals surface area (Å²) < 4.78 is 19.2. The molecular weight excluding hydrogens is 532 g/mol. The summed E-state index contributed by atoms with van der Waals surface area (Å²) in [5.41, 5.74) is 0.993. The van der Waals surface area contributed by atoms with Gasteiger partial charge in [-0.2, -0.15) is 0 Å². The number of ketones is 1. The molecule has 222 valence electrons. The number of Topliss-reactive ketones (excluding diaryl/α,β-unsaturated/α-hetero) is 1. The molecule has 1 aromatic rings. The van der Waals surface area contributed by atoms with Crippen LogP contribution in [0.4, 0.5) is 0 Å². The number of thioether (sulfide) groups is 1. The molecule has 7 rings (SSSR count). The van der Waals surface area contributed by atoms with Crippen LogP contribution in [0, 0.1) is 46.3 Å². The Morgan fingerprint density at radius 1 is 1.10 bits per heavy atom. The molecule has 0 N–H and O–H groups in total. The van der Waals surface area contributed by atoms with Crippen molar-refractivity contribution in [2.75, 3.05) is 12.4 Å². The smallest absolute Gasteiger partial charge is 0.302 e. The number of hydrogen-bond donors (Lipinski definition) is 0. The Hall–Kier alpha value is -1.63. The van der Waals surface area contributed by atoms with Gasteiger partial charge in [0.2, 0.25) is 0 Å². The second-order valence-corrected chi connectivity index (χ2v) is 15.5. The molecule has 41 heavy (non-hydrogen) atoms. The molecule has 6 heteroatoms. The van der Waals surface area contributed by atoms with Crippen molar-refractivity contribution in [1.29, 1.82) is 0 Å². The normalized spacial score (nSPS) is 46.7. The Kier molecular flexibility index (Phi) is 7.03. The average molecular weight is 579 g/mol. The number of carbonyl (C=O) groups excluding carboxylic acids is 2. The van der Waals surface area contributed by atoms with Gasteiger partial charge in [-0.25, -0.2) is 0 Å². The summed E-state index contributed by atoms with van der Waals surface area (Å²) in [4.78, 5) is 27.8. The summed E-state index contributed by atoms with van der Waals surface area (Å²) in [6.45, 7) is 9.26. The van der Waals surface area contributed by atoms with E-state index in [2.05, 4.69) is 57.2 Å². The first-order chi connectivity index (χ1) is 19.7. The maximum Gasteiger partial charge on any atom is 0.302 e. The zero-order valence-electron chi connectivity index (χ0n) is 25.1. The molecule has 1 spiro atoms. The molecule has 2 aliphatic heterocycles. The van der Waals surface area contributed by atoms with Crippen LogP contribution in [-0.2, 0) is 23.8 Å². The van der Waals surface area contributed by atoms with E-state index in [1.165, 1.54) is 17.4 Å². The van der Waals surface area contributed by atoms with Gasteiger partial charge in [0.05, 0.1) is 18.1 Å². The molecule has 0 bridgehead atoms.